The third-order valence-electron chi connectivity index (χ3n) is 6.23. The van der Waals surface area contributed by atoms with E-state index in [0.717, 1.165) is 37.9 Å². The Balaban J connectivity index is 1.71. The Hall–Kier alpha value is -3.21. The molecular formula is C28H22BrNO2. The summed E-state index contributed by atoms with van der Waals surface area (Å²) in [5.41, 5.74) is 5.62. The highest BCUT2D eigenvalue weighted by atomic mass is 79.9. The first kappa shape index (κ1) is 20.7. The molecule has 0 aliphatic heterocycles. The maximum absolute atomic E-state index is 12.5. The zero-order valence-electron chi connectivity index (χ0n) is 17.3. The zero-order valence-corrected chi connectivity index (χ0v) is 18.9. The van der Waals surface area contributed by atoms with Gasteiger partial charge in [-0.25, -0.2) is 0 Å². The summed E-state index contributed by atoms with van der Waals surface area (Å²) in [5, 5.41) is 13.9. The molecule has 0 amide bonds. The fourth-order valence-electron chi connectivity index (χ4n) is 4.82. The van der Waals surface area contributed by atoms with E-state index < -0.39 is 17.6 Å². The van der Waals surface area contributed by atoms with Gasteiger partial charge in [0.2, 0.25) is 0 Å². The molecule has 4 aromatic carbocycles. The monoisotopic (exact) mass is 483 g/mol. The molecule has 0 saturated carbocycles. The summed E-state index contributed by atoms with van der Waals surface area (Å²) in [7, 11) is 0. The van der Waals surface area contributed by atoms with Crippen molar-refractivity contribution in [1.82, 2.24) is 5.32 Å². The average molecular weight is 484 g/mol. The van der Waals surface area contributed by atoms with Crippen LogP contribution in [0, 0.1) is 0 Å². The van der Waals surface area contributed by atoms with Crippen molar-refractivity contribution in [2.24, 2.45) is 0 Å². The number of carboxylic acids is 1. The molecule has 0 heterocycles. The largest absolute Gasteiger partial charge is 0.480 e. The predicted octanol–water partition coefficient (Wildman–Crippen LogP) is 6.01. The third kappa shape index (κ3) is 3.36. The number of carboxylic acid groups (broad SMARTS) is 1. The van der Waals surface area contributed by atoms with Gasteiger partial charge in [0.25, 0.3) is 0 Å². The molecule has 1 atom stereocenters. The molecule has 5 rings (SSSR count). The van der Waals surface area contributed by atoms with Crippen LogP contribution < -0.4 is 5.32 Å². The molecule has 0 spiro atoms. The van der Waals surface area contributed by atoms with Crippen molar-refractivity contribution in [2.75, 3.05) is 0 Å². The minimum Gasteiger partial charge on any atom is -0.480 e. The van der Waals surface area contributed by atoms with E-state index in [9.17, 15) is 9.90 Å². The minimum atomic E-state index is -0.877. The number of hydrogen-bond donors (Lipinski definition) is 2. The van der Waals surface area contributed by atoms with Crippen LogP contribution >= 0.6 is 15.9 Å². The van der Waals surface area contributed by atoms with Gasteiger partial charge in [0.1, 0.15) is 6.04 Å². The first-order chi connectivity index (χ1) is 15.6. The van der Waals surface area contributed by atoms with Crippen LogP contribution in [0.25, 0.3) is 11.1 Å². The van der Waals surface area contributed by atoms with E-state index in [1.54, 1.807) is 0 Å². The Morgan fingerprint density at radius 1 is 0.781 bits per heavy atom. The number of hydrogen-bond acceptors (Lipinski definition) is 2. The van der Waals surface area contributed by atoms with Crippen molar-refractivity contribution >= 4 is 21.9 Å². The van der Waals surface area contributed by atoms with Crippen molar-refractivity contribution < 1.29 is 9.90 Å². The highest BCUT2D eigenvalue weighted by molar-refractivity contribution is 9.10. The predicted molar refractivity (Wildman–Crippen MR) is 131 cm³/mol. The molecule has 1 aliphatic rings. The van der Waals surface area contributed by atoms with E-state index in [0.29, 0.717) is 6.42 Å². The van der Waals surface area contributed by atoms with E-state index in [4.69, 9.17) is 0 Å². The highest BCUT2D eigenvalue weighted by Crippen LogP contribution is 2.51. The Bertz CT molecular complexity index is 1240. The van der Waals surface area contributed by atoms with E-state index in [1.807, 2.05) is 66.7 Å². The van der Waals surface area contributed by atoms with E-state index in [1.165, 1.54) is 0 Å². The van der Waals surface area contributed by atoms with Crippen LogP contribution in [0.3, 0.4) is 0 Å². The standard InChI is InChI=1S/C28H22BrNO2/c29-25-17-9-4-10-19(25)18-26(27(31)32)30-28(20-11-2-1-3-12-20)23-15-7-5-13-21(23)22-14-6-8-16-24(22)28/h1-17,26,30H,18H2,(H,31,32)/t26-/m0/s1. The molecule has 3 nitrogen and oxygen atoms in total. The van der Waals surface area contributed by atoms with Gasteiger partial charge >= 0.3 is 5.97 Å². The van der Waals surface area contributed by atoms with E-state index in [-0.39, 0.29) is 0 Å². The van der Waals surface area contributed by atoms with Crippen molar-refractivity contribution in [2.45, 2.75) is 18.0 Å². The number of benzene rings is 4. The van der Waals surface area contributed by atoms with Crippen LogP contribution in [0.1, 0.15) is 22.3 Å². The maximum Gasteiger partial charge on any atom is 0.321 e. The van der Waals surface area contributed by atoms with Gasteiger partial charge in [0, 0.05) is 4.47 Å². The Morgan fingerprint density at radius 2 is 1.31 bits per heavy atom. The molecule has 2 N–H and O–H groups in total. The molecule has 0 bridgehead atoms. The quantitative estimate of drug-likeness (QED) is 0.353. The SMILES string of the molecule is O=C(O)[C@H](Cc1ccccc1Br)NC1(c2ccccc2)c2ccccc2-c2ccccc21. The topological polar surface area (TPSA) is 49.3 Å². The summed E-state index contributed by atoms with van der Waals surface area (Å²) in [6, 6.07) is 33.7. The summed E-state index contributed by atoms with van der Waals surface area (Å²) in [6.45, 7) is 0. The zero-order chi connectivity index (χ0) is 22.1. The normalized spacial score (nSPS) is 14.4. The maximum atomic E-state index is 12.5. The van der Waals surface area contributed by atoms with Crippen molar-refractivity contribution in [3.63, 3.8) is 0 Å². The molecule has 0 saturated heterocycles. The second-order valence-electron chi connectivity index (χ2n) is 8.04. The first-order valence-electron chi connectivity index (χ1n) is 10.6. The van der Waals surface area contributed by atoms with Gasteiger partial charge in [0.15, 0.2) is 0 Å². The highest BCUT2D eigenvalue weighted by Gasteiger charge is 2.46. The summed E-state index contributed by atoms with van der Waals surface area (Å²) < 4.78 is 0.911. The molecule has 0 radical (unpaired) electrons. The Labute approximate surface area is 195 Å². The molecule has 158 valence electrons. The van der Waals surface area contributed by atoms with Gasteiger partial charge in [-0.2, -0.15) is 0 Å². The minimum absolute atomic E-state index is 0.357. The molecular weight excluding hydrogens is 462 g/mol. The summed E-state index contributed by atoms with van der Waals surface area (Å²) >= 11 is 3.58. The number of halogens is 1. The Morgan fingerprint density at radius 3 is 1.91 bits per heavy atom. The number of aliphatic carboxylic acids is 1. The second kappa shape index (κ2) is 8.38. The summed E-state index contributed by atoms with van der Waals surface area (Å²) in [6.07, 6.45) is 0.357. The first-order valence-corrected chi connectivity index (χ1v) is 11.4. The fourth-order valence-corrected chi connectivity index (χ4v) is 5.26. The Kier molecular flexibility index (Phi) is 5.41. The van der Waals surface area contributed by atoms with Crippen LogP contribution in [-0.2, 0) is 16.8 Å². The van der Waals surface area contributed by atoms with Gasteiger partial charge in [-0.1, -0.05) is 113 Å². The van der Waals surface area contributed by atoms with Gasteiger partial charge in [-0.15, -0.1) is 0 Å². The molecule has 4 heteroatoms. The van der Waals surface area contributed by atoms with Crippen molar-refractivity contribution in [3.8, 4) is 11.1 Å². The van der Waals surface area contributed by atoms with Gasteiger partial charge in [-0.05, 0) is 45.9 Å². The van der Waals surface area contributed by atoms with E-state index >= 15 is 0 Å². The number of carbonyl (C=O) groups is 1. The fraction of sp³-hybridized carbons (Fsp3) is 0.107. The lowest BCUT2D eigenvalue weighted by atomic mass is 9.79. The van der Waals surface area contributed by atoms with Crippen LogP contribution in [-0.4, -0.2) is 17.1 Å². The van der Waals surface area contributed by atoms with Gasteiger partial charge < -0.3 is 5.11 Å². The number of fused-ring (bicyclic) bond motifs is 3. The van der Waals surface area contributed by atoms with Crippen molar-refractivity contribution in [1.29, 1.82) is 0 Å². The summed E-state index contributed by atoms with van der Waals surface area (Å²) in [5.74, 6) is -0.877. The molecule has 4 aromatic rings. The lowest BCUT2D eigenvalue weighted by molar-refractivity contribution is -0.139. The lowest BCUT2D eigenvalue weighted by Crippen LogP contribution is -2.52. The number of nitrogens with one attached hydrogen (secondary N) is 1. The average Bonchev–Trinajstić information content (AvgIpc) is 3.11. The van der Waals surface area contributed by atoms with Crippen LogP contribution in [0.2, 0.25) is 0 Å². The molecule has 0 unspecified atom stereocenters. The van der Waals surface area contributed by atoms with Gasteiger partial charge in [-0.3, -0.25) is 10.1 Å². The van der Waals surface area contributed by atoms with Gasteiger partial charge in [0.05, 0.1) is 5.54 Å². The number of rotatable bonds is 6. The molecule has 0 aromatic heterocycles. The second-order valence-corrected chi connectivity index (χ2v) is 8.89. The van der Waals surface area contributed by atoms with Crippen molar-refractivity contribution in [3.05, 3.63) is 130 Å². The molecule has 1 aliphatic carbocycles. The molecule has 0 fully saturated rings. The smallest absolute Gasteiger partial charge is 0.321 e. The third-order valence-corrected chi connectivity index (χ3v) is 7.00. The van der Waals surface area contributed by atoms with Crippen LogP contribution in [0.15, 0.2) is 108 Å². The molecule has 32 heavy (non-hydrogen) atoms. The lowest BCUT2D eigenvalue weighted by Gasteiger charge is -2.37. The summed E-state index contributed by atoms with van der Waals surface area (Å²) in [4.78, 5) is 12.5. The van der Waals surface area contributed by atoms with Crippen LogP contribution in [0.5, 0.6) is 0 Å². The van der Waals surface area contributed by atoms with Crippen LogP contribution in [0.4, 0.5) is 0 Å². The van der Waals surface area contributed by atoms with E-state index in [2.05, 4.69) is 57.6 Å².